The molecule has 90 heavy (non-hydrogen) atoms. The van der Waals surface area contributed by atoms with E-state index in [1.807, 2.05) is 49.0 Å². The number of carbonyl (C=O) groups excluding carboxylic acids is 2. The summed E-state index contributed by atoms with van der Waals surface area (Å²) in [6.07, 6.45) is 8.62. The van der Waals surface area contributed by atoms with Gasteiger partial charge in [0.1, 0.15) is 41.9 Å². The lowest BCUT2D eigenvalue weighted by Gasteiger charge is -2.35. The molecule has 23 heteroatoms. The average molecular weight is 1220 g/mol. The molecule has 2 amide bonds. The molecule has 0 spiro atoms. The van der Waals surface area contributed by atoms with E-state index >= 15 is 9.18 Å². The molecule has 10 heterocycles. The number of piperazine rings is 2. The number of fused-ring (bicyclic) bond motifs is 7. The first-order valence-electron chi connectivity index (χ1n) is 32.0. The van der Waals surface area contributed by atoms with Crippen molar-refractivity contribution in [2.24, 2.45) is 5.92 Å². The van der Waals surface area contributed by atoms with E-state index in [2.05, 4.69) is 83.9 Å². The molecule has 5 aromatic heterocycles. The molecule has 468 valence electrons. The van der Waals surface area contributed by atoms with Crippen molar-refractivity contribution in [2.75, 3.05) is 75.9 Å². The summed E-state index contributed by atoms with van der Waals surface area (Å²) < 4.78 is 39.4. The van der Waals surface area contributed by atoms with Crippen LogP contribution in [0.15, 0.2) is 78.0 Å². The van der Waals surface area contributed by atoms with Crippen molar-refractivity contribution in [3.05, 3.63) is 112 Å². The largest absolute Gasteiger partial charge is 0.486 e. The number of ether oxygens (including phenoxy) is 3. The summed E-state index contributed by atoms with van der Waals surface area (Å²) in [5.74, 6) is 0.0102. The quantitative estimate of drug-likeness (QED) is 0.0593. The number of H-pyrrole nitrogens is 2. The molecular weight excluding hydrogens is 1150 g/mol. The fraction of sp³-hybridized carbons (Fsp3) is 0.463. The summed E-state index contributed by atoms with van der Waals surface area (Å²) in [6.45, 7) is 14.9. The van der Waals surface area contributed by atoms with Crippen molar-refractivity contribution in [2.45, 2.75) is 128 Å². The molecule has 15 rings (SSSR count). The number of aromatic amines is 2. The van der Waals surface area contributed by atoms with Gasteiger partial charge in [-0.1, -0.05) is 38.1 Å². The highest BCUT2D eigenvalue weighted by Crippen LogP contribution is 2.54. The number of likely N-dealkylation sites (N-methyl/N-ethyl adjacent to an activating group) is 1. The second kappa shape index (κ2) is 23.4. The SMILES string of the molecule is CCn1nccc1-c1ccc(CNC(=O)[C@@H]2C[C@@H](O)CN2C(=O)[C@H](C(C)C)n2cc3c(n2)c(=O)[nH]c2cc(COc4c(-c5c(C)c(F)cc6[nH]ncc56)c(C5CC5)cc5c(N6C[C@@H]7C[C@H]6CN7)nc(OC6CCOCC6)nc45)ccc23)c(N2CCN(C)CC2)c1. The van der Waals surface area contributed by atoms with Gasteiger partial charge in [0.15, 0.2) is 11.3 Å². The number of hydrogen-bond donors (Lipinski definition) is 5. The maximum absolute atomic E-state index is 16.3. The Morgan fingerprint density at radius 2 is 1.74 bits per heavy atom. The Labute approximate surface area is 519 Å². The van der Waals surface area contributed by atoms with Crippen molar-refractivity contribution in [1.29, 1.82) is 0 Å². The Balaban J connectivity index is 0.743. The fourth-order valence-corrected chi connectivity index (χ4v) is 14.6. The lowest BCUT2D eigenvalue weighted by atomic mass is 9.88. The number of β-amino-alcohol motifs (C(OH)–C–C–N with tert-alkyl or cyclic N) is 1. The zero-order valence-electron chi connectivity index (χ0n) is 51.5. The molecule has 0 unspecified atom stereocenters. The number of halogens is 1. The summed E-state index contributed by atoms with van der Waals surface area (Å²) in [4.78, 5) is 65.8. The Morgan fingerprint density at radius 1 is 0.911 bits per heavy atom. The molecule has 5 aliphatic heterocycles. The van der Waals surface area contributed by atoms with Crippen molar-refractivity contribution < 1.29 is 33.3 Å². The van der Waals surface area contributed by atoms with Crippen molar-refractivity contribution in [1.82, 2.24) is 65.1 Å². The van der Waals surface area contributed by atoms with E-state index in [1.54, 1.807) is 24.0 Å². The number of anilines is 2. The summed E-state index contributed by atoms with van der Waals surface area (Å²) >= 11 is 0. The minimum Gasteiger partial charge on any atom is -0.486 e. The van der Waals surface area contributed by atoms with E-state index in [-0.39, 0.29) is 79.3 Å². The zero-order chi connectivity index (χ0) is 61.6. The summed E-state index contributed by atoms with van der Waals surface area (Å²) in [6, 6.07) is 16.7. The van der Waals surface area contributed by atoms with Gasteiger partial charge in [-0.25, -0.2) is 4.39 Å². The third kappa shape index (κ3) is 10.5. The molecule has 2 bridgehead atoms. The summed E-state index contributed by atoms with van der Waals surface area (Å²) in [7, 11) is 2.12. The number of aryl methyl sites for hydroxylation is 1. The minimum absolute atomic E-state index is 0.0320. The topological polar surface area (TPSA) is 242 Å². The molecule has 6 fully saturated rings. The highest BCUT2D eigenvalue weighted by molar-refractivity contribution is 6.07. The smallest absolute Gasteiger partial charge is 0.319 e. The summed E-state index contributed by atoms with van der Waals surface area (Å²) in [5.41, 5.74) is 9.05. The molecule has 6 aliphatic rings. The first kappa shape index (κ1) is 57.9. The van der Waals surface area contributed by atoms with E-state index in [9.17, 15) is 14.7 Å². The molecule has 4 aromatic carbocycles. The number of aromatic nitrogens is 9. The van der Waals surface area contributed by atoms with Gasteiger partial charge >= 0.3 is 6.01 Å². The minimum atomic E-state index is -0.941. The van der Waals surface area contributed by atoms with Gasteiger partial charge in [-0.05, 0) is 105 Å². The number of aliphatic hydroxyl groups excluding tert-OH is 1. The number of hydrogen-bond acceptors (Lipinski definition) is 16. The number of amides is 2. The van der Waals surface area contributed by atoms with Crippen LogP contribution < -0.4 is 35.5 Å². The van der Waals surface area contributed by atoms with Crippen LogP contribution in [-0.2, 0) is 34.0 Å². The number of benzene rings is 4. The monoisotopic (exact) mass is 1220 g/mol. The van der Waals surface area contributed by atoms with Gasteiger partial charge in [-0.2, -0.15) is 25.3 Å². The van der Waals surface area contributed by atoms with E-state index in [1.165, 1.54) is 11.0 Å². The summed E-state index contributed by atoms with van der Waals surface area (Å²) in [5, 5.41) is 37.5. The van der Waals surface area contributed by atoms with Crippen molar-refractivity contribution in [3.8, 4) is 34.1 Å². The maximum Gasteiger partial charge on any atom is 0.319 e. The normalized spacial score (nSPS) is 21.1. The molecule has 0 radical (unpaired) electrons. The zero-order valence-corrected chi connectivity index (χ0v) is 51.5. The van der Waals surface area contributed by atoms with Gasteiger partial charge in [0.25, 0.3) is 5.56 Å². The van der Waals surface area contributed by atoms with Crippen LogP contribution in [0.5, 0.6) is 11.8 Å². The van der Waals surface area contributed by atoms with Gasteiger partial charge in [0.05, 0.1) is 36.7 Å². The van der Waals surface area contributed by atoms with Gasteiger partial charge in [0.2, 0.25) is 11.8 Å². The fourth-order valence-electron chi connectivity index (χ4n) is 14.6. The van der Waals surface area contributed by atoms with E-state index in [4.69, 9.17) is 29.3 Å². The number of rotatable bonds is 17. The second-order valence-corrected chi connectivity index (χ2v) is 25.9. The first-order valence-corrected chi connectivity index (χ1v) is 32.0. The molecule has 1 saturated carbocycles. The number of aliphatic hydroxyl groups is 1. The number of pyridine rings is 1. The van der Waals surface area contributed by atoms with Crippen LogP contribution in [-0.4, -0.2) is 168 Å². The van der Waals surface area contributed by atoms with Gasteiger partial charge in [-0.3, -0.25) is 28.8 Å². The third-order valence-electron chi connectivity index (χ3n) is 19.6. The lowest BCUT2D eigenvalue weighted by molar-refractivity contribution is -0.142. The van der Waals surface area contributed by atoms with Gasteiger partial charge < -0.3 is 54.5 Å². The Bertz CT molecular complexity index is 4330. The number of nitrogens with zero attached hydrogens (tertiary/aromatic N) is 11. The lowest BCUT2D eigenvalue weighted by Crippen LogP contribution is -2.49. The van der Waals surface area contributed by atoms with Crippen LogP contribution in [0.25, 0.3) is 66.0 Å². The highest BCUT2D eigenvalue weighted by Gasteiger charge is 2.44. The predicted molar refractivity (Wildman–Crippen MR) is 340 cm³/mol. The van der Waals surface area contributed by atoms with Crippen molar-refractivity contribution >= 4 is 66.9 Å². The number of carbonyl (C=O) groups is 2. The average Bonchev–Trinajstić information content (AvgIpc) is 1.39. The Morgan fingerprint density at radius 3 is 2.51 bits per heavy atom. The van der Waals surface area contributed by atoms with Crippen molar-refractivity contribution in [3.63, 3.8) is 0 Å². The maximum atomic E-state index is 16.3. The molecular formula is C67H76FN15O7. The van der Waals surface area contributed by atoms with Gasteiger partial charge in [-0.15, -0.1) is 0 Å². The van der Waals surface area contributed by atoms with E-state index in [0.29, 0.717) is 76.3 Å². The molecule has 22 nitrogen and oxygen atoms in total. The van der Waals surface area contributed by atoms with Crippen LogP contribution in [0.2, 0.25) is 0 Å². The first-order chi connectivity index (χ1) is 43.7. The van der Waals surface area contributed by atoms with E-state index < -0.39 is 23.7 Å². The molecule has 1 aliphatic carbocycles. The third-order valence-corrected chi connectivity index (χ3v) is 19.6. The van der Waals surface area contributed by atoms with Crippen LogP contribution >= 0.6 is 0 Å². The standard InChI is InChI=1S/C67H76FN15O7/c1-6-82-54(13-16-72-82)40-10-11-41(55(24-40)79-19-17-78(5)18-20-79)29-70-64(85)56-26-44(84)33-81(56)66(87)61(36(2)3)83-34-50-46-12-7-38(23-52(46)73-65(86)60(50)77-83)35-89-62-58(57-37(4)51(68)28-53-49(57)31-71-76-53)47(39-8-9-39)27-48-59(62)74-67(90-45-14-21-88-22-15-45)75-63(48)80-32-42-25-43(80)30-69-42/h7,10-13,16,23-24,27-28,31,34,36,39,42-45,56,61,69,84H,6,8-9,14-15,17-22,25-26,29-30,32-33,35H2,1-5H3,(H,70,85)(H,71,76)(H,73,86)/t42-,43-,44+,56-,61-/m0/s1. The highest BCUT2D eigenvalue weighted by atomic mass is 19.1. The molecule has 5 atom stereocenters. The van der Waals surface area contributed by atoms with Crippen LogP contribution in [0.4, 0.5) is 15.9 Å². The number of nitrogens with one attached hydrogen (secondary N) is 4. The number of likely N-dealkylation sites (tertiary alicyclic amines) is 1. The van der Waals surface area contributed by atoms with E-state index in [0.717, 1.165) is 121 Å². The van der Waals surface area contributed by atoms with Crippen LogP contribution in [0.1, 0.15) is 93.5 Å². The molecule has 5 N–H and O–H groups in total. The van der Waals surface area contributed by atoms with Crippen LogP contribution in [0, 0.1) is 18.7 Å². The predicted octanol–water partition coefficient (Wildman–Crippen LogP) is 7.49. The van der Waals surface area contributed by atoms with Gasteiger partial charge in [0, 0.05) is 152 Å². The molecule has 5 saturated heterocycles. The molecule has 9 aromatic rings. The van der Waals surface area contributed by atoms with Crippen LogP contribution in [0.3, 0.4) is 0 Å². The second-order valence-electron chi connectivity index (χ2n) is 25.9. The Kier molecular flexibility index (Phi) is 15.0. The Hall–Kier alpha value is -8.51.